The van der Waals surface area contributed by atoms with Gasteiger partial charge in [0.15, 0.2) is 58.2 Å². The maximum Gasteiger partial charge on any atom is 0.411 e. The lowest BCUT2D eigenvalue weighted by Gasteiger charge is -2.38. The van der Waals surface area contributed by atoms with Crippen molar-refractivity contribution in [1.82, 2.24) is 0 Å². The molecule has 0 saturated carbocycles. The van der Waals surface area contributed by atoms with Gasteiger partial charge in [0.05, 0.1) is 14.7 Å². The fourth-order valence-corrected chi connectivity index (χ4v) is 19.6. The number of alkyl halides is 12. The third-order valence-corrected chi connectivity index (χ3v) is 27.2. The van der Waals surface area contributed by atoms with Crippen molar-refractivity contribution < 1.29 is 155 Å². The molecule has 2 N–H and O–H groups in total. The average Bonchev–Trinajstić information content (AvgIpc) is 0.718. The lowest BCUT2D eigenvalue weighted by Crippen LogP contribution is -2.54. The zero-order chi connectivity index (χ0) is 90.6. The van der Waals surface area contributed by atoms with Crippen molar-refractivity contribution in [2.24, 2.45) is 0 Å². The second-order valence-corrected chi connectivity index (χ2v) is 32.9. The summed E-state index contributed by atoms with van der Waals surface area (Å²) in [7, 11) is -15.7. The predicted molar refractivity (Wildman–Crippen MR) is 381 cm³/mol. The minimum absolute atomic E-state index is 0.0349. The van der Waals surface area contributed by atoms with Gasteiger partial charge in [-0.05, 0) is 253 Å². The second-order valence-electron chi connectivity index (χ2n) is 27.4. The van der Waals surface area contributed by atoms with E-state index < -0.39 is 211 Å². The Kier molecular flexibility index (Phi) is 25.7. The Bertz CT molecular complexity index is 5580. The molecule has 10 aromatic rings. The molecule has 0 aliphatic rings. The lowest BCUT2D eigenvalue weighted by molar-refractivity contribution is -0.290. The molecule has 0 fully saturated rings. The Hall–Kier alpha value is -10.5. The van der Waals surface area contributed by atoms with Crippen LogP contribution in [0.5, 0.6) is 34.5 Å². The zero-order valence-corrected chi connectivity index (χ0v) is 66.5. The van der Waals surface area contributed by atoms with Crippen molar-refractivity contribution in [1.29, 1.82) is 0 Å². The van der Waals surface area contributed by atoms with Crippen molar-refractivity contribution >= 4 is 29.5 Å². The van der Waals surface area contributed by atoms with Crippen LogP contribution in [0.1, 0.15) is 106 Å². The van der Waals surface area contributed by atoms with Crippen LogP contribution in [-0.2, 0) is 40.3 Å². The molecular formula is C81H63F25O10S3. The highest BCUT2D eigenvalue weighted by molar-refractivity contribution is 7.92. The topological polar surface area (TPSA) is 161 Å². The molecule has 0 atom stereocenters. The van der Waals surface area contributed by atoms with Crippen LogP contribution in [0.3, 0.4) is 0 Å². The van der Waals surface area contributed by atoms with E-state index in [0.717, 1.165) is 53.1 Å². The molecule has 640 valence electrons. The summed E-state index contributed by atoms with van der Waals surface area (Å²) in [5.41, 5.74) is -8.55. The molecule has 10 rings (SSSR count). The first-order valence-electron chi connectivity index (χ1n) is 34.0. The molecule has 0 heterocycles. The third-order valence-electron chi connectivity index (χ3n) is 21.1. The van der Waals surface area contributed by atoms with Crippen LogP contribution in [0.4, 0.5) is 110 Å². The number of ether oxygens (including phenoxy) is 2. The van der Waals surface area contributed by atoms with Gasteiger partial charge in [-0.1, -0.05) is 48.5 Å². The predicted octanol–water partition coefficient (Wildman–Crippen LogP) is 23.8. The maximum atomic E-state index is 15.7. The van der Waals surface area contributed by atoms with Crippen LogP contribution in [0, 0.1) is 179 Å². The fraction of sp³-hybridized carbons (Fsp3) is 0.259. The maximum absolute atomic E-state index is 15.7. The van der Waals surface area contributed by atoms with Crippen LogP contribution in [0.15, 0.2) is 126 Å². The summed E-state index contributed by atoms with van der Waals surface area (Å²) in [5.74, 6) is -36.9. The van der Waals surface area contributed by atoms with Crippen molar-refractivity contribution in [3.63, 3.8) is 0 Å². The molecule has 0 unspecified atom stereocenters. The number of hydrogen-bond donors (Lipinski definition) is 2. The number of halogens is 25. The van der Waals surface area contributed by atoms with Gasteiger partial charge in [0.2, 0.25) is 63.5 Å². The number of sulfone groups is 3. The molecule has 0 aliphatic carbocycles. The minimum Gasteiger partial charge on any atom is -0.508 e. The quantitative estimate of drug-likeness (QED) is 0.0464. The van der Waals surface area contributed by atoms with Crippen molar-refractivity contribution in [2.45, 2.75) is 169 Å². The summed E-state index contributed by atoms with van der Waals surface area (Å²) < 4.78 is 448. The van der Waals surface area contributed by atoms with Gasteiger partial charge in [0.25, 0.3) is 0 Å². The molecule has 0 bridgehead atoms. The molecular weight excluding hydrogens is 1700 g/mol. The summed E-state index contributed by atoms with van der Waals surface area (Å²) in [4.78, 5) is -7.56. The molecule has 119 heavy (non-hydrogen) atoms. The summed E-state index contributed by atoms with van der Waals surface area (Å²) in [6, 6.07) is 9.64. The highest BCUT2D eigenvalue weighted by Gasteiger charge is 2.74. The molecule has 0 radical (unpaired) electrons. The molecule has 10 aromatic carbocycles. The first-order chi connectivity index (χ1) is 54.4. The van der Waals surface area contributed by atoms with Crippen LogP contribution in [0.2, 0.25) is 0 Å². The normalized spacial score (nSPS) is 12.6. The number of benzene rings is 10. The van der Waals surface area contributed by atoms with Crippen LogP contribution >= 0.6 is 0 Å². The van der Waals surface area contributed by atoms with E-state index in [1.54, 1.807) is 62.3 Å². The Labute approximate surface area is 662 Å². The smallest absolute Gasteiger partial charge is 0.411 e. The van der Waals surface area contributed by atoms with Crippen LogP contribution in [0.25, 0.3) is 0 Å². The lowest BCUT2D eigenvalue weighted by atomic mass is 9.73. The monoisotopic (exact) mass is 1770 g/mol. The van der Waals surface area contributed by atoms with Gasteiger partial charge < -0.3 is 19.7 Å². The van der Waals surface area contributed by atoms with Gasteiger partial charge in [0.1, 0.15) is 43.4 Å². The van der Waals surface area contributed by atoms with E-state index in [9.17, 15) is 91.1 Å². The first-order valence-corrected chi connectivity index (χ1v) is 38.4. The van der Waals surface area contributed by atoms with E-state index in [2.05, 4.69) is 0 Å². The zero-order valence-electron chi connectivity index (χ0n) is 64.1. The minimum atomic E-state index is -6.21. The van der Waals surface area contributed by atoms with Crippen LogP contribution in [-0.4, -0.2) is 60.2 Å². The molecule has 0 amide bonds. The van der Waals surface area contributed by atoms with Gasteiger partial charge in [-0.25, -0.2) is 73.5 Å². The van der Waals surface area contributed by atoms with E-state index in [-0.39, 0.29) is 32.4 Å². The largest absolute Gasteiger partial charge is 0.508 e. The van der Waals surface area contributed by atoms with Crippen LogP contribution < -0.4 is 9.47 Å². The third kappa shape index (κ3) is 15.5. The summed E-state index contributed by atoms with van der Waals surface area (Å²) in [5, 5.41) is 18.3. The van der Waals surface area contributed by atoms with Gasteiger partial charge in [-0.3, -0.25) is 0 Å². The number of hydrogen-bond acceptors (Lipinski definition) is 10. The molecule has 0 aliphatic heterocycles. The molecule has 38 heteroatoms. The summed E-state index contributed by atoms with van der Waals surface area (Å²) in [6.45, 7) is 23.3. The SMILES string of the molecule is Cc1c(C)c(C)c(S(=O)(=O)c2c(C)c(C)c(Oc3ccc(C(c4ccc(Oc5c(F)c(F)c(S(=O)(=O)c6c(C)c(C)c(C)c(C)c6C)c(F)c5F)cc4)(C(F)(F)F)C(F)(F)F)cc3)c(C)c2C)c(C)c1C.Cc1c(F)c(F)c(S(=O)(=O)c2c(F)c(F)c(F)c(F)c2F)c(F)c1F.Oc1ccc(C(c2ccc(O)cc2)(C(F)(F)F)C(F)(F)F)cc1. The Morgan fingerprint density at radius 3 is 0.655 bits per heavy atom. The van der Waals surface area contributed by atoms with E-state index in [1.165, 1.54) is 13.8 Å². The standard InChI is InChI=1S/C53H50F10O6S2.C15H10F6O2.C13H3F9O2S/c1-23-25(3)31(9)47(32(10)26(23)4)70(64,65)49-35(13)29(7)45(30(8)36(49)14)68-39-19-15-37(16-20-39)51(52(58,59)60,53(61,62)63)38-17-21-40(22-18-38)69-46-41(54)43(56)50(44(57)42(46)55)71(66,67)48-33(11)27(5)24(2)28(6)34(48)12;16-14(17,18)13(15(19,20)21,9-1-5-11(22)6-2-9)10-3-7-12(23)8-4-10;1-2-3(14)8(19)12(9(20)4(2)15)25(23,24)13-10(21)6(17)5(16)7(18)11(13)22/h15-22H,1-14H3;1-8,22-23H;1H3. The van der Waals surface area contributed by atoms with Gasteiger partial charge in [-0.2, -0.15) is 61.5 Å². The summed E-state index contributed by atoms with van der Waals surface area (Å²) in [6.07, 6.45) is -23.6. The van der Waals surface area contributed by atoms with Crippen molar-refractivity contribution in [3.8, 4) is 34.5 Å². The Morgan fingerprint density at radius 1 is 0.218 bits per heavy atom. The molecule has 10 nitrogen and oxygen atoms in total. The highest BCUT2D eigenvalue weighted by atomic mass is 32.2. The average molecular weight is 1770 g/mol. The molecule has 0 spiro atoms. The molecule has 0 aromatic heterocycles. The van der Waals surface area contributed by atoms with Gasteiger partial charge >= 0.3 is 24.7 Å². The van der Waals surface area contributed by atoms with Gasteiger partial charge in [-0.15, -0.1) is 0 Å². The summed E-state index contributed by atoms with van der Waals surface area (Å²) >= 11 is 0. The first kappa shape index (κ1) is 94.0. The molecule has 0 saturated heterocycles. The van der Waals surface area contributed by atoms with Gasteiger partial charge in [0, 0.05) is 5.56 Å². The highest BCUT2D eigenvalue weighted by Crippen LogP contribution is 2.59. The number of aromatic hydroxyl groups is 2. The van der Waals surface area contributed by atoms with E-state index >= 15 is 43.9 Å². The Balaban J connectivity index is 0.000000295. The van der Waals surface area contributed by atoms with E-state index in [1.807, 2.05) is 20.8 Å². The van der Waals surface area contributed by atoms with E-state index in [0.29, 0.717) is 118 Å². The van der Waals surface area contributed by atoms with Crippen molar-refractivity contribution in [2.75, 3.05) is 0 Å². The number of rotatable bonds is 14. The fourth-order valence-electron chi connectivity index (χ4n) is 13.7. The number of phenols is 2. The van der Waals surface area contributed by atoms with E-state index in [4.69, 9.17) is 19.7 Å². The second kappa shape index (κ2) is 32.6. The number of phenolic OH excluding ortho intramolecular Hbond substituents is 2. The Morgan fingerprint density at radius 2 is 0.403 bits per heavy atom. The van der Waals surface area contributed by atoms with Crippen molar-refractivity contribution in [3.05, 3.63) is 278 Å².